The summed E-state index contributed by atoms with van der Waals surface area (Å²) in [6, 6.07) is 20.3. The van der Waals surface area contributed by atoms with Crippen LogP contribution in [-0.4, -0.2) is 101 Å². The molecule has 6 aliphatic rings. The van der Waals surface area contributed by atoms with Crippen molar-refractivity contribution < 1.29 is 28.7 Å². The maximum Gasteiger partial charge on any atom is 0.262 e. The van der Waals surface area contributed by atoms with Gasteiger partial charge in [-0.25, -0.2) is 0 Å². The summed E-state index contributed by atoms with van der Waals surface area (Å²) in [5.41, 5.74) is 4.01. The Hall–Kier alpha value is -5.25. The second-order valence-corrected chi connectivity index (χ2v) is 17.3. The average molecular weight is 803 g/mol. The summed E-state index contributed by atoms with van der Waals surface area (Å²) in [5, 5.41) is 11.8. The van der Waals surface area contributed by atoms with E-state index in [0.29, 0.717) is 39.3 Å². The van der Waals surface area contributed by atoms with E-state index in [0.717, 1.165) is 100 Å². The number of nitriles is 1. The minimum Gasteiger partial charge on any atom is -0.490 e. The Kier molecular flexibility index (Phi) is 10.4. The Balaban J connectivity index is 0.730. The molecule has 1 N–H and O–H groups in total. The number of carbonyl (C=O) groups is 5. The van der Waals surface area contributed by atoms with Crippen LogP contribution in [0.2, 0.25) is 5.02 Å². The Labute approximate surface area is 343 Å². The third-order valence-electron chi connectivity index (χ3n) is 13.4. The van der Waals surface area contributed by atoms with Gasteiger partial charge in [0.25, 0.3) is 17.7 Å². The monoisotopic (exact) mass is 802 g/mol. The molecule has 3 aromatic rings. The van der Waals surface area contributed by atoms with E-state index in [1.165, 1.54) is 5.56 Å². The van der Waals surface area contributed by atoms with Gasteiger partial charge in [0.2, 0.25) is 11.8 Å². The highest BCUT2D eigenvalue weighted by atomic mass is 35.5. The molecule has 5 fully saturated rings. The van der Waals surface area contributed by atoms with Crippen LogP contribution in [0.1, 0.15) is 112 Å². The number of nitrogens with one attached hydrogen (secondary N) is 1. The van der Waals surface area contributed by atoms with Crippen molar-refractivity contribution in [3.63, 3.8) is 0 Å². The minimum atomic E-state index is -0.966. The van der Waals surface area contributed by atoms with Gasteiger partial charge in [0.05, 0.1) is 21.7 Å². The fourth-order valence-corrected chi connectivity index (χ4v) is 10.5. The van der Waals surface area contributed by atoms with E-state index in [1.54, 1.807) is 30.3 Å². The van der Waals surface area contributed by atoms with Crippen molar-refractivity contribution in [2.75, 3.05) is 37.6 Å². The minimum absolute atomic E-state index is 0.00660. The molecule has 0 aromatic heterocycles. The first-order valence-corrected chi connectivity index (χ1v) is 21.1. The van der Waals surface area contributed by atoms with E-state index in [-0.39, 0.29) is 42.8 Å². The van der Waals surface area contributed by atoms with Gasteiger partial charge in [0.1, 0.15) is 24.0 Å². The predicted octanol–water partition coefficient (Wildman–Crippen LogP) is 5.92. The van der Waals surface area contributed by atoms with Crippen molar-refractivity contribution in [2.24, 2.45) is 5.92 Å². The molecule has 0 aliphatic carbocycles. The molecule has 0 radical (unpaired) electrons. The molecule has 6 heterocycles. The summed E-state index contributed by atoms with van der Waals surface area (Å²) >= 11 is 6.23. The second kappa shape index (κ2) is 15.8. The van der Waals surface area contributed by atoms with Crippen LogP contribution in [0.25, 0.3) is 0 Å². The first kappa shape index (κ1) is 38.3. The van der Waals surface area contributed by atoms with Gasteiger partial charge in [-0.05, 0) is 118 Å². The zero-order valence-corrected chi connectivity index (χ0v) is 33.2. The third-order valence-corrected chi connectivity index (χ3v) is 13.7. The van der Waals surface area contributed by atoms with Crippen LogP contribution in [0.4, 0.5) is 5.69 Å². The molecule has 12 nitrogen and oxygen atoms in total. The molecule has 58 heavy (non-hydrogen) atoms. The Morgan fingerprint density at radius 2 is 1.52 bits per heavy atom. The van der Waals surface area contributed by atoms with E-state index >= 15 is 0 Å². The van der Waals surface area contributed by atoms with Crippen LogP contribution in [0.3, 0.4) is 0 Å². The van der Waals surface area contributed by atoms with E-state index < -0.39 is 23.8 Å². The molecule has 3 atom stereocenters. The topological polar surface area (TPSA) is 143 Å². The van der Waals surface area contributed by atoms with Crippen LogP contribution in [0.5, 0.6) is 5.75 Å². The first-order chi connectivity index (χ1) is 28.1. The van der Waals surface area contributed by atoms with Crippen molar-refractivity contribution in [2.45, 2.75) is 94.4 Å². The van der Waals surface area contributed by atoms with E-state index in [9.17, 15) is 29.2 Å². The zero-order valence-electron chi connectivity index (χ0n) is 32.4. The lowest BCUT2D eigenvalue weighted by atomic mass is 9.87. The summed E-state index contributed by atoms with van der Waals surface area (Å²) in [5.74, 6) is -0.118. The van der Waals surface area contributed by atoms with E-state index in [4.69, 9.17) is 16.3 Å². The number of piperidine rings is 4. The van der Waals surface area contributed by atoms with Crippen molar-refractivity contribution in [3.05, 3.63) is 93.5 Å². The second-order valence-electron chi connectivity index (χ2n) is 16.9. The molecule has 6 aliphatic heterocycles. The zero-order chi connectivity index (χ0) is 40.1. The molecule has 3 unspecified atom stereocenters. The van der Waals surface area contributed by atoms with E-state index in [2.05, 4.69) is 38.2 Å². The summed E-state index contributed by atoms with van der Waals surface area (Å²) in [6.07, 6.45) is 8.03. The maximum atomic E-state index is 13.8. The molecular weight excluding hydrogens is 756 g/mol. The van der Waals surface area contributed by atoms with Crippen molar-refractivity contribution in [1.29, 1.82) is 5.26 Å². The predicted molar refractivity (Wildman–Crippen MR) is 216 cm³/mol. The van der Waals surface area contributed by atoms with Gasteiger partial charge in [-0.3, -0.25) is 34.2 Å². The van der Waals surface area contributed by atoms with E-state index in [1.807, 2.05) is 18.2 Å². The van der Waals surface area contributed by atoms with Gasteiger partial charge in [-0.15, -0.1) is 0 Å². The smallest absolute Gasteiger partial charge is 0.262 e. The fourth-order valence-electron chi connectivity index (χ4n) is 10.3. The number of likely N-dealkylation sites (tertiary alicyclic amines) is 1. The number of ether oxygens (including phenoxy) is 1. The molecule has 300 valence electrons. The molecule has 2 bridgehead atoms. The largest absolute Gasteiger partial charge is 0.490 e. The standard InChI is InChI=1S/C45H47ClN6O6/c46-39-24-35(9-5-31(39)25-47)58-36-21-33-6-7-34(22-36)51(33)43(55)30-3-1-28(2-4-30)29-15-17-49(18-16-29)26-27-13-19-50(20-14-27)32-8-10-37-38(23-32)45(57)52(44(37)56)40-11-12-41(53)48-42(40)54/h1-5,8-10,23-24,27,29,33-34,36,40H,6-7,11-22,26H2,(H,48,53,54). The van der Waals surface area contributed by atoms with Gasteiger partial charge in [0, 0.05) is 68.3 Å². The molecular formula is C45H47ClN6O6. The van der Waals surface area contributed by atoms with Crippen LogP contribution in [0, 0.1) is 17.2 Å². The molecule has 5 saturated heterocycles. The van der Waals surface area contributed by atoms with Crippen molar-refractivity contribution in [1.82, 2.24) is 20.0 Å². The lowest BCUT2D eigenvalue weighted by molar-refractivity contribution is -0.136. The lowest BCUT2D eigenvalue weighted by Crippen LogP contribution is -2.54. The Morgan fingerprint density at radius 3 is 2.19 bits per heavy atom. The van der Waals surface area contributed by atoms with Crippen LogP contribution >= 0.6 is 11.6 Å². The number of nitrogens with zero attached hydrogens (tertiary/aromatic N) is 5. The highest BCUT2D eigenvalue weighted by molar-refractivity contribution is 6.31. The highest BCUT2D eigenvalue weighted by Crippen LogP contribution is 2.39. The molecule has 3 aromatic carbocycles. The lowest BCUT2D eigenvalue weighted by Gasteiger charge is -2.39. The number of amides is 5. The maximum absolute atomic E-state index is 13.8. The number of carbonyl (C=O) groups excluding carboxylic acids is 5. The number of imide groups is 2. The fraction of sp³-hybridized carbons (Fsp3) is 0.467. The number of rotatable bonds is 8. The molecule has 5 amide bonds. The number of hydrogen-bond acceptors (Lipinski definition) is 9. The summed E-state index contributed by atoms with van der Waals surface area (Å²) in [7, 11) is 0. The number of anilines is 1. The van der Waals surface area contributed by atoms with Crippen LogP contribution in [-0.2, 0) is 9.59 Å². The normalized spacial score (nSPS) is 25.5. The number of fused-ring (bicyclic) bond motifs is 3. The van der Waals surface area contributed by atoms with Crippen molar-refractivity contribution >= 4 is 46.8 Å². The Bertz CT molecular complexity index is 2180. The van der Waals surface area contributed by atoms with Gasteiger partial charge in [0.15, 0.2) is 0 Å². The first-order valence-electron chi connectivity index (χ1n) is 20.8. The molecule has 9 rings (SSSR count). The SMILES string of the molecule is N#Cc1ccc(OC2CC3CCC(C2)N3C(=O)c2ccc(C3CCN(CC4CCN(c5ccc6c(c5)C(=O)N(C5CCC(=O)NC5=O)C6=O)CC4)CC3)cc2)cc1Cl. The summed E-state index contributed by atoms with van der Waals surface area (Å²) < 4.78 is 6.27. The Morgan fingerprint density at radius 1 is 0.810 bits per heavy atom. The number of halogens is 1. The van der Waals surface area contributed by atoms with Crippen LogP contribution < -0.4 is 15.0 Å². The van der Waals surface area contributed by atoms with Gasteiger partial charge >= 0.3 is 0 Å². The quantitative estimate of drug-likeness (QED) is 0.275. The number of benzene rings is 3. The molecule has 0 spiro atoms. The average Bonchev–Trinajstić information content (AvgIpc) is 3.65. The highest BCUT2D eigenvalue weighted by Gasteiger charge is 2.46. The summed E-state index contributed by atoms with van der Waals surface area (Å²) in [6.45, 7) is 4.89. The third kappa shape index (κ3) is 7.35. The van der Waals surface area contributed by atoms with Gasteiger partial charge in [-0.2, -0.15) is 5.26 Å². The van der Waals surface area contributed by atoms with Gasteiger partial charge in [-0.1, -0.05) is 23.7 Å². The van der Waals surface area contributed by atoms with Crippen LogP contribution in [0.15, 0.2) is 60.7 Å². The van der Waals surface area contributed by atoms with Gasteiger partial charge < -0.3 is 19.4 Å². The van der Waals surface area contributed by atoms with Crippen molar-refractivity contribution in [3.8, 4) is 11.8 Å². The summed E-state index contributed by atoms with van der Waals surface area (Å²) in [4.78, 5) is 72.3. The molecule has 0 saturated carbocycles. The number of hydrogen-bond donors (Lipinski definition) is 1. The molecule has 13 heteroatoms.